The Bertz CT molecular complexity index is 645. The topological polar surface area (TPSA) is 43.7 Å². The summed E-state index contributed by atoms with van der Waals surface area (Å²) < 4.78 is 0. The molecule has 26 heavy (non-hydrogen) atoms. The molecule has 3 heteroatoms. The largest absolute Gasteiger partial charge is 0.396 e. The predicted octanol–water partition coefficient (Wildman–Crippen LogP) is 3.56. The highest BCUT2D eigenvalue weighted by Crippen LogP contribution is 2.61. The number of aliphatic hydroxyl groups excluding tert-OH is 1. The summed E-state index contributed by atoms with van der Waals surface area (Å²) >= 11 is 0. The summed E-state index contributed by atoms with van der Waals surface area (Å²) in [5.74, 6) is 0. The van der Waals surface area contributed by atoms with Crippen LogP contribution in [0.4, 0.5) is 0 Å². The summed E-state index contributed by atoms with van der Waals surface area (Å²) in [5, 5.41) is 22.3. The average molecular weight is 356 g/mol. The maximum Gasteiger partial charge on any atom is 0.0840 e. The smallest absolute Gasteiger partial charge is 0.0840 e. The minimum absolute atomic E-state index is 0.0531. The number of rotatable bonds is 5. The van der Waals surface area contributed by atoms with E-state index in [-0.39, 0.29) is 17.4 Å². The molecule has 142 valence electrons. The SMILES string of the molecule is OC[C@@]12CCC[C@]3(CCC=CC[C@@]31O)CN(CCCc1ccccc1)C2. The highest BCUT2D eigenvalue weighted by molar-refractivity contribution is 5.21. The number of allylic oxidation sites excluding steroid dienone is 1. The second-order valence-corrected chi connectivity index (χ2v) is 8.95. The number of likely N-dealkylation sites (tertiary alicyclic amines) is 1. The summed E-state index contributed by atoms with van der Waals surface area (Å²) in [6.07, 6.45) is 12.7. The maximum atomic E-state index is 11.9. The van der Waals surface area contributed by atoms with Crippen LogP contribution < -0.4 is 0 Å². The van der Waals surface area contributed by atoms with Gasteiger partial charge in [-0.25, -0.2) is 0 Å². The number of nitrogens with zero attached hydrogens (tertiary/aromatic N) is 1. The zero-order valence-corrected chi connectivity index (χ0v) is 15.9. The van der Waals surface area contributed by atoms with Crippen molar-refractivity contribution in [2.45, 2.75) is 57.0 Å². The van der Waals surface area contributed by atoms with Crippen molar-refractivity contribution in [2.75, 3.05) is 26.2 Å². The first-order valence-corrected chi connectivity index (χ1v) is 10.4. The first-order valence-electron chi connectivity index (χ1n) is 10.4. The van der Waals surface area contributed by atoms with Crippen molar-refractivity contribution in [1.82, 2.24) is 4.90 Å². The fourth-order valence-electron chi connectivity index (χ4n) is 6.22. The second kappa shape index (κ2) is 7.10. The maximum absolute atomic E-state index is 11.9. The summed E-state index contributed by atoms with van der Waals surface area (Å²) in [6.45, 7) is 2.99. The summed E-state index contributed by atoms with van der Waals surface area (Å²) in [4.78, 5) is 2.55. The lowest BCUT2D eigenvalue weighted by Crippen LogP contribution is -2.73. The van der Waals surface area contributed by atoms with E-state index in [2.05, 4.69) is 47.4 Å². The molecule has 1 heterocycles. The first kappa shape index (κ1) is 18.2. The molecule has 3 nitrogen and oxygen atoms in total. The molecule has 1 aromatic carbocycles. The van der Waals surface area contributed by atoms with E-state index in [1.54, 1.807) is 0 Å². The number of hydrogen-bond donors (Lipinski definition) is 2. The molecule has 1 aromatic rings. The molecule has 3 aliphatic rings. The molecule has 2 aliphatic carbocycles. The van der Waals surface area contributed by atoms with Gasteiger partial charge in [-0.3, -0.25) is 0 Å². The van der Waals surface area contributed by atoms with Gasteiger partial charge in [-0.2, -0.15) is 0 Å². The molecule has 0 aromatic heterocycles. The third-order valence-corrected chi connectivity index (χ3v) is 7.57. The van der Waals surface area contributed by atoms with E-state index in [1.807, 2.05) is 0 Å². The van der Waals surface area contributed by atoms with E-state index in [0.29, 0.717) is 6.42 Å². The second-order valence-electron chi connectivity index (χ2n) is 8.95. The monoisotopic (exact) mass is 355 g/mol. The molecule has 2 N–H and O–H groups in total. The van der Waals surface area contributed by atoms with Gasteiger partial charge in [-0.1, -0.05) is 48.9 Å². The van der Waals surface area contributed by atoms with Gasteiger partial charge in [-0.15, -0.1) is 0 Å². The van der Waals surface area contributed by atoms with Crippen LogP contribution in [0, 0.1) is 10.8 Å². The number of aryl methyl sites for hydroxylation is 1. The quantitative estimate of drug-likeness (QED) is 0.794. The molecule has 3 atom stereocenters. The van der Waals surface area contributed by atoms with Crippen LogP contribution in [-0.4, -0.2) is 47.0 Å². The van der Waals surface area contributed by atoms with Crippen LogP contribution in [0.25, 0.3) is 0 Å². The van der Waals surface area contributed by atoms with Gasteiger partial charge in [0.05, 0.1) is 12.2 Å². The van der Waals surface area contributed by atoms with E-state index in [1.165, 1.54) is 5.56 Å². The predicted molar refractivity (Wildman–Crippen MR) is 105 cm³/mol. The normalized spacial score (nSPS) is 37.2. The van der Waals surface area contributed by atoms with E-state index < -0.39 is 5.60 Å². The molecule has 1 saturated carbocycles. The van der Waals surface area contributed by atoms with Crippen molar-refractivity contribution in [3.63, 3.8) is 0 Å². The molecule has 1 saturated heterocycles. The molecule has 0 amide bonds. The molecule has 0 spiro atoms. The average Bonchev–Trinajstić information content (AvgIpc) is 2.82. The zero-order valence-electron chi connectivity index (χ0n) is 15.9. The Kier molecular flexibility index (Phi) is 4.98. The van der Waals surface area contributed by atoms with Crippen molar-refractivity contribution in [1.29, 1.82) is 0 Å². The van der Waals surface area contributed by atoms with Crippen LogP contribution in [0.5, 0.6) is 0 Å². The van der Waals surface area contributed by atoms with Gasteiger partial charge in [0.25, 0.3) is 0 Å². The van der Waals surface area contributed by atoms with Gasteiger partial charge >= 0.3 is 0 Å². The molecular weight excluding hydrogens is 322 g/mol. The number of aliphatic hydroxyl groups is 2. The Morgan fingerprint density at radius 3 is 2.65 bits per heavy atom. The summed E-state index contributed by atoms with van der Waals surface area (Å²) in [6, 6.07) is 10.7. The molecule has 4 rings (SSSR count). The standard InChI is InChI=1S/C23H33NO2/c25-19-22-14-8-13-21(12-5-2-6-15-23(21,22)26)17-24(18-22)16-7-11-20-9-3-1-4-10-20/h1-4,6,9-10,25-26H,5,7-8,11-19H2/t21-,22+,23-/m1/s1. The van der Waals surface area contributed by atoms with Crippen molar-refractivity contribution >= 4 is 0 Å². The van der Waals surface area contributed by atoms with Crippen molar-refractivity contribution in [3.05, 3.63) is 48.0 Å². The van der Waals surface area contributed by atoms with E-state index in [0.717, 1.165) is 64.6 Å². The van der Waals surface area contributed by atoms with Crippen LogP contribution in [-0.2, 0) is 6.42 Å². The van der Waals surface area contributed by atoms with Crippen LogP contribution in [0.15, 0.2) is 42.5 Å². The van der Waals surface area contributed by atoms with Gasteiger partial charge in [0.2, 0.25) is 0 Å². The highest BCUT2D eigenvalue weighted by atomic mass is 16.3. The Labute approximate surface area is 157 Å². The highest BCUT2D eigenvalue weighted by Gasteiger charge is 2.66. The Morgan fingerprint density at radius 2 is 1.85 bits per heavy atom. The third-order valence-electron chi connectivity index (χ3n) is 7.57. The van der Waals surface area contributed by atoms with Crippen LogP contribution in [0.1, 0.15) is 50.5 Å². The number of piperidine rings is 1. The van der Waals surface area contributed by atoms with Gasteiger partial charge in [0.15, 0.2) is 0 Å². The van der Waals surface area contributed by atoms with Crippen molar-refractivity contribution in [2.24, 2.45) is 10.8 Å². The van der Waals surface area contributed by atoms with E-state index in [4.69, 9.17) is 0 Å². The molecule has 1 aliphatic heterocycles. The first-order chi connectivity index (χ1) is 12.6. The van der Waals surface area contributed by atoms with Crippen molar-refractivity contribution in [3.8, 4) is 0 Å². The zero-order chi connectivity index (χ0) is 18.1. The minimum Gasteiger partial charge on any atom is -0.396 e. The van der Waals surface area contributed by atoms with Gasteiger partial charge in [-0.05, 0) is 57.1 Å². The Morgan fingerprint density at radius 1 is 1.00 bits per heavy atom. The lowest BCUT2D eigenvalue weighted by atomic mass is 9.47. The Balaban J connectivity index is 1.51. The van der Waals surface area contributed by atoms with Crippen LogP contribution in [0.3, 0.4) is 0 Å². The fourth-order valence-corrected chi connectivity index (χ4v) is 6.22. The lowest BCUT2D eigenvalue weighted by molar-refractivity contribution is -0.255. The molecule has 0 unspecified atom stereocenters. The van der Waals surface area contributed by atoms with Crippen molar-refractivity contribution < 1.29 is 10.2 Å². The molecule has 2 bridgehead atoms. The number of hydrogen-bond acceptors (Lipinski definition) is 3. The molecule has 0 radical (unpaired) electrons. The fraction of sp³-hybridized carbons (Fsp3) is 0.652. The van der Waals surface area contributed by atoms with E-state index in [9.17, 15) is 10.2 Å². The Hall–Kier alpha value is -1.16. The van der Waals surface area contributed by atoms with Gasteiger partial charge in [0, 0.05) is 23.9 Å². The minimum atomic E-state index is -0.740. The lowest BCUT2D eigenvalue weighted by Gasteiger charge is -2.66. The number of benzene rings is 1. The van der Waals surface area contributed by atoms with Crippen LogP contribution in [0.2, 0.25) is 0 Å². The van der Waals surface area contributed by atoms with E-state index >= 15 is 0 Å². The van der Waals surface area contributed by atoms with Crippen LogP contribution >= 0.6 is 0 Å². The van der Waals surface area contributed by atoms with Gasteiger partial charge in [0.1, 0.15) is 0 Å². The third kappa shape index (κ3) is 2.85. The van der Waals surface area contributed by atoms with Gasteiger partial charge < -0.3 is 15.1 Å². The summed E-state index contributed by atoms with van der Waals surface area (Å²) in [5.41, 5.74) is 0.249. The molecular formula is C23H33NO2. The summed E-state index contributed by atoms with van der Waals surface area (Å²) in [7, 11) is 0. The molecule has 2 fully saturated rings.